The second kappa shape index (κ2) is 8.81. The van der Waals surface area contributed by atoms with E-state index in [9.17, 15) is 13.2 Å². The Kier molecular flexibility index (Phi) is 6.21. The summed E-state index contributed by atoms with van der Waals surface area (Å²) in [5, 5.41) is 5.66. The molecule has 0 saturated carbocycles. The summed E-state index contributed by atoms with van der Waals surface area (Å²) in [5.41, 5.74) is 1.33. The number of halogens is 3. The fourth-order valence-electron chi connectivity index (χ4n) is 2.73. The lowest BCUT2D eigenvalue weighted by molar-refractivity contribution is -0.137. The van der Waals surface area contributed by atoms with Gasteiger partial charge in [0.25, 0.3) is 0 Å². The summed E-state index contributed by atoms with van der Waals surface area (Å²) >= 11 is 0. The van der Waals surface area contributed by atoms with Crippen LogP contribution in [0.5, 0.6) is 5.75 Å². The molecule has 1 heterocycles. The molecule has 0 spiro atoms. The normalized spacial score (nSPS) is 11.2. The highest BCUT2D eigenvalue weighted by atomic mass is 19.4. The second-order valence-corrected chi connectivity index (χ2v) is 6.38. The van der Waals surface area contributed by atoms with Gasteiger partial charge in [0.1, 0.15) is 17.1 Å². The highest BCUT2D eigenvalue weighted by Gasteiger charge is 2.35. The summed E-state index contributed by atoms with van der Waals surface area (Å²) in [5.74, 6) is 0.401. The van der Waals surface area contributed by atoms with Gasteiger partial charge in [-0.1, -0.05) is 25.5 Å². The van der Waals surface area contributed by atoms with Crippen molar-refractivity contribution in [2.45, 2.75) is 25.9 Å². The fourth-order valence-corrected chi connectivity index (χ4v) is 2.73. The molecular weight excluding hydrogens is 381 g/mol. The Morgan fingerprint density at radius 3 is 2.14 bits per heavy atom. The number of hydrogen-bond donors (Lipinski definition) is 2. The molecule has 0 bridgehead atoms. The van der Waals surface area contributed by atoms with Gasteiger partial charge in [0.15, 0.2) is 0 Å². The summed E-state index contributed by atoms with van der Waals surface area (Å²) in [4.78, 5) is 7.86. The van der Waals surface area contributed by atoms with Crippen LogP contribution in [-0.2, 0) is 12.6 Å². The summed E-state index contributed by atoms with van der Waals surface area (Å²) < 4.78 is 45.3. The molecule has 152 valence electrons. The van der Waals surface area contributed by atoms with Gasteiger partial charge >= 0.3 is 6.18 Å². The van der Waals surface area contributed by atoms with Crippen LogP contribution in [0.25, 0.3) is 0 Å². The standard InChI is InChI=1S/C21H21F3N4O/c1-3-4-14-5-7-15(8-6-14)26-19-18(21(22,23)24)13-25-20(28-19)27-16-9-11-17(29-2)12-10-16/h5-13H,3-4H2,1-2H3,(H2,25,26,27,28). The van der Waals surface area contributed by atoms with Gasteiger partial charge in [-0.25, -0.2) is 4.98 Å². The Labute approximate surface area is 167 Å². The molecule has 0 aliphatic rings. The van der Waals surface area contributed by atoms with E-state index in [4.69, 9.17) is 4.74 Å². The molecule has 0 amide bonds. The summed E-state index contributed by atoms with van der Waals surface area (Å²) in [6.45, 7) is 2.07. The monoisotopic (exact) mass is 402 g/mol. The zero-order chi connectivity index (χ0) is 20.9. The number of nitrogens with zero attached hydrogens (tertiary/aromatic N) is 2. The van der Waals surface area contributed by atoms with E-state index < -0.39 is 11.7 Å². The molecular formula is C21H21F3N4O. The van der Waals surface area contributed by atoms with Crippen molar-refractivity contribution in [3.63, 3.8) is 0 Å². The van der Waals surface area contributed by atoms with Gasteiger partial charge < -0.3 is 15.4 Å². The van der Waals surface area contributed by atoms with Crippen LogP contribution in [0.4, 0.5) is 36.3 Å². The number of ether oxygens (including phenoxy) is 1. The van der Waals surface area contributed by atoms with Crippen LogP contribution in [-0.4, -0.2) is 17.1 Å². The average Bonchev–Trinajstić information content (AvgIpc) is 2.69. The van der Waals surface area contributed by atoms with E-state index in [1.54, 1.807) is 43.5 Å². The van der Waals surface area contributed by atoms with Crippen molar-refractivity contribution in [3.05, 3.63) is 65.9 Å². The molecule has 2 N–H and O–H groups in total. The van der Waals surface area contributed by atoms with Crippen LogP contribution in [0, 0.1) is 0 Å². The van der Waals surface area contributed by atoms with Gasteiger partial charge in [0.2, 0.25) is 5.95 Å². The lowest BCUT2D eigenvalue weighted by atomic mass is 10.1. The van der Waals surface area contributed by atoms with E-state index >= 15 is 0 Å². The van der Waals surface area contributed by atoms with Crippen LogP contribution < -0.4 is 15.4 Å². The molecule has 0 radical (unpaired) electrons. The molecule has 0 saturated heterocycles. The Hall–Kier alpha value is -3.29. The number of anilines is 4. The summed E-state index contributed by atoms with van der Waals surface area (Å²) in [6.07, 6.45) is -1.90. The quantitative estimate of drug-likeness (QED) is 0.512. The van der Waals surface area contributed by atoms with Crippen LogP contribution in [0.3, 0.4) is 0 Å². The van der Waals surface area contributed by atoms with Gasteiger partial charge in [0, 0.05) is 17.6 Å². The summed E-state index contributed by atoms with van der Waals surface area (Å²) in [6, 6.07) is 14.1. The minimum absolute atomic E-state index is 0.0493. The Balaban J connectivity index is 1.87. The molecule has 0 fully saturated rings. The minimum Gasteiger partial charge on any atom is -0.497 e. The van der Waals surface area contributed by atoms with Crippen molar-refractivity contribution in [2.75, 3.05) is 17.7 Å². The van der Waals surface area contributed by atoms with Crippen molar-refractivity contribution in [2.24, 2.45) is 0 Å². The average molecular weight is 402 g/mol. The number of hydrogen-bond acceptors (Lipinski definition) is 5. The topological polar surface area (TPSA) is 59.1 Å². The highest BCUT2D eigenvalue weighted by Crippen LogP contribution is 2.35. The molecule has 0 atom stereocenters. The Morgan fingerprint density at radius 2 is 1.55 bits per heavy atom. The number of rotatable bonds is 7. The van der Waals surface area contributed by atoms with Crippen LogP contribution in [0.2, 0.25) is 0 Å². The number of nitrogens with one attached hydrogen (secondary N) is 2. The maximum atomic E-state index is 13.4. The highest BCUT2D eigenvalue weighted by molar-refractivity contribution is 5.63. The van der Waals surface area contributed by atoms with Gasteiger partial charge in [0.05, 0.1) is 7.11 Å². The third kappa shape index (κ3) is 5.37. The Bertz CT molecular complexity index is 942. The third-order valence-electron chi connectivity index (χ3n) is 4.20. The third-order valence-corrected chi connectivity index (χ3v) is 4.20. The van der Waals surface area contributed by atoms with Crippen molar-refractivity contribution in [1.82, 2.24) is 9.97 Å². The Morgan fingerprint density at radius 1 is 0.931 bits per heavy atom. The van der Waals surface area contributed by atoms with E-state index in [0.717, 1.165) is 24.6 Å². The zero-order valence-electron chi connectivity index (χ0n) is 16.0. The molecule has 0 aliphatic carbocycles. The van der Waals surface area contributed by atoms with Crippen molar-refractivity contribution in [1.29, 1.82) is 0 Å². The number of methoxy groups -OCH3 is 1. The first-order chi connectivity index (χ1) is 13.9. The lowest BCUT2D eigenvalue weighted by Crippen LogP contribution is -2.12. The molecule has 0 unspecified atom stereocenters. The number of aryl methyl sites for hydroxylation is 1. The number of benzene rings is 2. The summed E-state index contributed by atoms with van der Waals surface area (Å²) in [7, 11) is 1.55. The van der Waals surface area contributed by atoms with Crippen molar-refractivity contribution >= 4 is 23.1 Å². The van der Waals surface area contributed by atoms with E-state index in [0.29, 0.717) is 17.1 Å². The molecule has 3 rings (SSSR count). The van der Waals surface area contributed by atoms with E-state index in [2.05, 4.69) is 27.5 Å². The first-order valence-corrected chi connectivity index (χ1v) is 9.10. The maximum Gasteiger partial charge on any atom is 0.421 e. The van der Waals surface area contributed by atoms with Gasteiger partial charge in [-0.2, -0.15) is 18.2 Å². The van der Waals surface area contributed by atoms with Crippen LogP contribution in [0.15, 0.2) is 54.7 Å². The van der Waals surface area contributed by atoms with Crippen molar-refractivity contribution in [3.8, 4) is 5.75 Å². The first-order valence-electron chi connectivity index (χ1n) is 9.10. The molecule has 3 aromatic rings. The molecule has 2 aromatic carbocycles. The predicted octanol–water partition coefficient (Wildman–Crippen LogP) is 5.94. The largest absolute Gasteiger partial charge is 0.497 e. The maximum absolute atomic E-state index is 13.4. The molecule has 29 heavy (non-hydrogen) atoms. The second-order valence-electron chi connectivity index (χ2n) is 6.38. The first kappa shape index (κ1) is 20.4. The fraction of sp³-hybridized carbons (Fsp3) is 0.238. The van der Waals surface area contributed by atoms with E-state index in [1.807, 2.05) is 12.1 Å². The predicted molar refractivity (Wildman–Crippen MR) is 107 cm³/mol. The van der Waals surface area contributed by atoms with Crippen LogP contribution >= 0.6 is 0 Å². The molecule has 0 aliphatic heterocycles. The number of aromatic nitrogens is 2. The number of alkyl halides is 3. The van der Waals surface area contributed by atoms with E-state index in [1.165, 1.54) is 0 Å². The smallest absolute Gasteiger partial charge is 0.421 e. The minimum atomic E-state index is -4.58. The van der Waals surface area contributed by atoms with E-state index in [-0.39, 0.29) is 11.8 Å². The van der Waals surface area contributed by atoms with Gasteiger partial charge in [-0.3, -0.25) is 0 Å². The SMILES string of the molecule is CCCc1ccc(Nc2nc(Nc3ccc(OC)cc3)ncc2C(F)(F)F)cc1. The van der Waals surface area contributed by atoms with Crippen LogP contribution in [0.1, 0.15) is 24.5 Å². The lowest BCUT2D eigenvalue weighted by Gasteiger charge is -2.15. The van der Waals surface area contributed by atoms with Gasteiger partial charge in [-0.15, -0.1) is 0 Å². The molecule has 1 aromatic heterocycles. The van der Waals surface area contributed by atoms with Gasteiger partial charge in [-0.05, 0) is 48.4 Å². The molecule has 5 nitrogen and oxygen atoms in total. The van der Waals surface area contributed by atoms with Crippen molar-refractivity contribution < 1.29 is 17.9 Å². The zero-order valence-corrected chi connectivity index (χ0v) is 16.0. The molecule has 8 heteroatoms.